The number of aryl methyl sites for hydroxylation is 1. The first-order chi connectivity index (χ1) is 10.7. The van der Waals surface area contributed by atoms with Gasteiger partial charge in [0.1, 0.15) is 11.6 Å². The van der Waals surface area contributed by atoms with Gasteiger partial charge in [-0.3, -0.25) is 0 Å². The van der Waals surface area contributed by atoms with Gasteiger partial charge in [-0.25, -0.2) is 9.37 Å². The minimum atomic E-state index is -0.277. The molecule has 4 nitrogen and oxygen atoms in total. The van der Waals surface area contributed by atoms with Crippen LogP contribution in [0.4, 0.5) is 9.52 Å². The molecule has 6 heteroatoms. The Morgan fingerprint density at radius 1 is 1.36 bits per heavy atom. The Morgan fingerprint density at radius 3 is 2.73 bits per heavy atom. The summed E-state index contributed by atoms with van der Waals surface area (Å²) in [5, 5.41) is 9.98. The van der Waals surface area contributed by atoms with Gasteiger partial charge in [-0.2, -0.15) is 4.37 Å². The van der Waals surface area contributed by atoms with Crippen molar-refractivity contribution >= 4 is 22.7 Å². The van der Waals surface area contributed by atoms with Crippen molar-refractivity contribution in [2.45, 2.75) is 26.4 Å². The average Bonchev–Trinajstić information content (AvgIpc) is 2.96. The van der Waals surface area contributed by atoms with Gasteiger partial charge in [-0.05, 0) is 31.4 Å². The number of hydrogen-bond acceptors (Lipinski definition) is 5. The fourth-order valence-electron chi connectivity index (χ4n) is 2.55. The number of piperidine rings is 1. The molecule has 0 unspecified atom stereocenters. The molecule has 0 radical (unpaired) electrons. The largest absolute Gasteiger partial charge is 0.392 e. The molecule has 116 valence electrons. The van der Waals surface area contributed by atoms with Crippen molar-refractivity contribution in [2.24, 2.45) is 0 Å². The van der Waals surface area contributed by atoms with E-state index in [4.69, 9.17) is 5.11 Å². The average molecular weight is 319 g/mol. The van der Waals surface area contributed by atoms with Crippen LogP contribution in [-0.2, 0) is 6.61 Å². The molecule has 3 rings (SSSR count). The number of nitrogens with zero attached hydrogens (tertiary/aromatic N) is 3. The second-order valence-electron chi connectivity index (χ2n) is 5.43. The van der Waals surface area contributed by atoms with Crippen LogP contribution in [0.2, 0.25) is 0 Å². The molecular formula is C16H18FN3OS. The Bertz CT molecular complexity index is 688. The van der Waals surface area contributed by atoms with Gasteiger partial charge in [0, 0.05) is 30.2 Å². The normalized spacial score (nSPS) is 15.2. The molecule has 0 atom stereocenters. The second-order valence-corrected chi connectivity index (χ2v) is 6.16. The van der Waals surface area contributed by atoms with Crippen LogP contribution in [0.25, 0.3) is 6.08 Å². The third-order valence-corrected chi connectivity index (χ3v) is 4.67. The van der Waals surface area contributed by atoms with E-state index in [2.05, 4.69) is 14.3 Å². The predicted molar refractivity (Wildman–Crippen MR) is 86.4 cm³/mol. The highest BCUT2D eigenvalue weighted by atomic mass is 32.1. The van der Waals surface area contributed by atoms with Gasteiger partial charge in [-0.15, -0.1) is 0 Å². The highest BCUT2D eigenvalue weighted by Crippen LogP contribution is 2.26. The molecule has 2 heterocycles. The first kappa shape index (κ1) is 15.1. The maximum Gasteiger partial charge on any atom is 0.205 e. The standard InChI is InChI=1S/C16H18FN3OS/c1-11-18-16(22-19-11)20-6-4-12(5-7-20)8-14-3-2-13(10-21)9-15(14)17/h2-3,8-9,21H,4-7,10H2,1H3. The monoisotopic (exact) mass is 319 g/mol. The van der Waals surface area contributed by atoms with Crippen molar-refractivity contribution in [1.29, 1.82) is 0 Å². The summed E-state index contributed by atoms with van der Waals surface area (Å²) in [6.45, 7) is 3.53. The summed E-state index contributed by atoms with van der Waals surface area (Å²) in [7, 11) is 0. The lowest BCUT2D eigenvalue weighted by Crippen LogP contribution is -2.30. The zero-order chi connectivity index (χ0) is 15.5. The lowest BCUT2D eigenvalue weighted by molar-refractivity contribution is 0.281. The van der Waals surface area contributed by atoms with Crippen molar-refractivity contribution in [3.8, 4) is 0 Å². The molecule has 1 aliphatic heterocycles. The molecule has 1 aliphatic rings. The van der Waals surface area contributed by atoms with E-state index in [0.717, 1.165) is 36.9 Å². The molecule has 1 fully saturated rings. The molecule has 1 aromatic heterocycles. The van der Waals surface area contributed by atoms with Gasteiger partial charge < -0.3 is 10.0 Å². The molecule has 0 amide bonds. The van der Waals surface area contributed by atoms with E-state index < -0.39 is 0 Å². The summed E-state index contributed by atoms with van der Waals surface area (Å²) in [6, 6.07) is 4.88. The van der Waals surface area contributed by atoms with Gasteiger partial charge in [0.2, 0.25) is 5.13 Å². The van der Waals surface area contributed by atoms with Crippen molar-refractivity contribution in [1.82, 2.24) is 9.36 Å². The lowest BCUT2D eigenvalue weighted by Gasteiger charge is -2.27. The number of aliphatic hydroxyl groups excluding tert-OH is 1. The number of rotatable bonds is 3. The fraction of sp³-hybridized carbons (Fsp3) is 0.375. The Labute approximate surface area is 133 Å². The molecule has 0 aliphatic carbocycles. The van der Waals surface area contributed by atoms with E-state index in [1.807, 2.05) is 13.0 Å². The molecule has 0 bridgehead atoms. The quantitative estimate of drug-likeness (QED) is 0.944. The van der Waals surface area contributed by atoms with Crippen molar-refractivity contribution < 1.29 is 9.50 Å². The van der Waals surface area contributed by atoms with Crippen LogP contribution in [0.1, 0.15) is 29.8 Å². The molecular weight excluding hydrogens is 301 g/mol. The molecule has 1 aromatic carbocycles. The minimum Gasteiger partial charge on any atom is -0.392 e. The maximum atomic E-state index is 14.0. The van der Waals surface area contributed by atoms with Crippen LogP contribution >= 0.6 is 11.5 Å². The first-order valence-electron chi connectivity index (χ1n) is 7.29. The topological polar surface area (TPSA) is 49.2 Å². The van der Waals surface area contributed by atoms with Crippen molar-refractivity contribution in [2.75, 3.05) is 18.0 Å². The Hall–Kier alpha value is -1.79. The van der Waals surface area contributed by atoms with E-state index in [1.54, 1.807) is 12.1 Å². The predicted octanol–water partition coefficient (Wildman–Crippen LogP) is 3.16. The second kappa shape index (κ2) is 6.54. The van der Waals surface area contributed by atoms with E-state index in [0.29, 0.717) is 11.1 Å². The van der Waals surface area contributed by atoms with Gasteiger partial charge in [-0.1, -0.05) is 23.8 Å². The maximum absolute atomic E-state index is 14.0. The smallest absolute Gasteiger partial charge is 0.205 e. The molecule has 0 saturated carbocycles. The number of halogens is 1. The molecule has 1 saturated heterocycles. The van der Waals surface area contributed by atoms with E-state index in [1.165, 1.54) is 23.2 Å². The van der Waals surface area contributed by atoms with Gasteiger partial charge in [0.25, 0.3) is 0 Å². The highest BCUT2D eigenvalue weighted by Gasteiger charge is 2.17. The third-order valence-electron chi connectivity index (χ3n) is 3.80. The first-order valence-corrected chi connectivity index (χ1v) is 8.07. The molecule has 1 N–H and O–H groups in total. The summed E-state index contributed by atoms with van der Waals surface area (Å²) >= 11 is 1.43. The van der Waals surface area contributed by atoms with Crippen molar-refractivity contribution in [3.63, 3.8) is 0 Å². The summed E-state index contributed by atoms with van der Waals surface area (Å²) in [5.41, 5.74) is 2.43. The SMILES string of the molecule is Cc1nsc(N2CCC(=Cc3ccc(CO)cc3F)CC2)n1. The van der Waals surface area contributed by atoms with Gasteiger partial charge >= 0.3 is 0 Å². The Kier molecular flexibility index (Phi) is 4.49. The Balaban J connectivity index is 1.68. The van der Waals surface area contributed by atoms with E-state index in [9.17, 15) is 4.39 Å². The van der Waals surface area contributed by atoms with Crippen LogP contribution in [0.15, 0.2) is 23.8 Å². The van der Waals surface area contributed by atoms with Gasteiger partial charge in [0.15, 0.2) is 0 Å². The molecule has 0 spiro atoms. The number of hydrogen-bond donors (Lipinski definition) is 1. The number of benzene rings is 1. The number of aromatic nitrogens is 2. The zero-order valence-corrected chi connectivity index (χ0v) is 13.2. The highest BCUT2D eigenvalue weighted by molar-refractivity contribution is 7.09. The van der Waals surface area contributed by atoms with Crippen molar-refractivity contribution in [3.05, 3.63) is 46.5 Å². The Morgan fingerprint density at radius 2 is 2.14 bits per heavy atom. The van der Waals surface area contributed by atoms with Gasteiger partial charge in [0.05, 0.1) is 6.61 Å². The fourth-order valence-corrected chi connectivity index (χ4v) is 3.28. The van der Waals surface area contributed by atoms with E-state index in [-0.39, 0.29) is 12.4 Å². The molecule has 2 aromatic rings. The van der Waals surface area contributed by atoms with Crippen LogP contribution in [0.3, 0.4) is 0 Å². The van der Waals surface area contributed by atoms with Crippen LogP contribution in [0, 0.1) is 12.7 Å². The summed E-state index contributed by atoms with van der Waals surface area (Å²) < 4.78 is 18.2. The summed E-state index contributed by atoms with van der Waals surface area (Å²) in [4.78, 5) is 6.64. The zero-order valence-electron chi connectivity index (χ0n) is 12.4. The third kappa shape index (κ3) is 3.34. The summed E-state index contributed by atoms with van der Waals surface area (Å²) in [6.07, 6.45) is 3.73. The van der Waals surface area contributed by atoms with E-state index >= 15 is 0 Å². The lowest BCUT2D eigenvalue weighted by atomic mass is 10.0. The van der Waals surface area contributed by atoms with Crippen LogP contribution in [0.5, 0.6) is 0 Å². The van der Waals surface area contributed by atoms with Crippen LogP contribution in [-0.4, -0.2) is 27.6 Å². The molecule has 22 heavy (non-hydrogen) atoms. The van der Waals surface area contributed by atoms with Crippen LogP contribution < -0.4 is 4.90 Å². The number of aliphatic hydroxyl groups is 1. The minimum absolute atomic E-state index is 0.135. The summed E-state index contributed by atoms with van der Waals surface area (Å²) in [5.74, 6) is 0.536. The number of anilines is 1.